The fraction of sp³-hybridized carbons (Fsp3) is 0.0625. The molecule has 1 amide bonds. The second-order valence-electron chi connectivity index (χ2n) is 4.03. The Balaban J connectivity index is 1.93. The Morgan fingerprint density at radius 3 is 2.80 bits per heavy atom. The van der Waals surface area contributed by atoms with Crippen molar-refractivity contribution in [2.24, 2.45) is 0 Å². The summed E-state index contributed by atoms with van der Waals surface area (Å²) in [6.45, 7) is -0.197. The molecular weight excluding hydrogens is 254 g/mol. The summed E-state index contributed by atoms with van der Waals surface area (Å²) in [4.78, 5) is 11.7. The second kappa shape index (κ2) is 6.30. The number of hydrogen-bond donors (Lipinski definition) is 2. The SMILES string of the molecule is C#Cc1cccc(NC(=O)COc2ccccc2O)c1. The Bertz CT molecular complexity index is 659. The van der Waals surface area contributed by atoms with Crippen LogP contribution in [0, 0.1) is 12.3 Å². The third-order valence-electron chi connectivity index (χ3n) is 2.54. The van der Waals surface area contributed by atoms with Crippen molar-refractivity contribution in [1.29, 1.82) is 0 Å². The molecule has 0 aromatic heterocycles. The Morgan fingerprint density at radius 1 is 1.25 bits per heavy atom. The van der Waals surface area contributed by atoms with E-state index in [1.54, 1.807) is 42.5 Å². The van der Waals surface area contributed by atoms with Crippen molar-refractivity contribution < 1.29 is 14.6 Å². The Hall–Kier alpha value is -2.93. The van der Waals surface area contributed by atoms with E-state index in [0.29, 0.717) is 11.3 Å². The van der Waals surface area contributed by atoms with Crippen LogP contribution in [0.5, 0.6) is 11.5 Å². The summed E-state index contributed by atoms with van der Waals surface area (Å²) in [5.74, 6) is 2.42. The lowest BCUT2D eigenvalue weighted by atomic mass is 10.2. The number of benzene rings is 2. The molecule has 2 N–H and O–H groups in total. The molecule has 0 radical (unpaired) electrons. The van der Waals surface area contributed by atoms with Crippen molar-refractivity contribution >= 4 is 11.6 Å². The number of phenolic OH excluding ortho intramolecular Hbond substituents is 1. The smallest absolute Gasteiger partial charge is 0.262 e. The Labute approximate surface area is 117 Å². The standard InChI is InChI=1S/C16H13NO3/c1-2-12-6-5-7-13(10-12)17-16(19)11-20-15-9-4-3-8-14(15)18/h1,3-10,18H,11H2,(H,17,19). The number of hydrogen-bond acceptors (Lipinski definition) is 3. The average molecular weight is 267 g/mol. The van der Waals surface area contributed by atoms with Crippen LogP contribution in [0.1, 0.15) is 5.56 Å². The van der Waals surface area contributed by atoms with E-state index in [1.165, 1.54) is 6.07 Å². The van der Waals surface area contributed by atoms with Gasteiger partial charge in [0.15, 0.2) is 18.1 Å². The van der Waals surface area contributed by atoms with Crippen LogP contribution in [0.4, 0.5) is 5.69 Å². The van der Waals surface area contributed by atoms with E-state index in [9.17, 15) is 9.90 Å². The molecule has 0 saturated carbocycles. The number of aromatic hydroxyl groups is 1. The molecule has 0 aliphatic rings. The van der Waals surface area contributed by atoms with Crippen molar-refractivity contribution in [2.45, 2.75) is 0 Å². The summed E-state index contributed by atoms with van der Waals surface area (Å²) in [7, 11) is 0. The van der Waals surface area contributed by atoms with Gasteiger partial charge >= 0.3 is 0 Å². The summed E-state index contributed by atoms with van der Waals surface area (Å²) in [6.07, 6.45) is 5.29. The minimum Gasteiger partial charge on any atom is -0.504 e. The molecule has 0 heterocycles. The second-order valence-corrected chi connectivity index (χ2v) is 4.03. The molecule has 100 valence electrons. The maximum absolute atomic E-state index is 11.7. The number of para-hydroxylation sites is 2. The summed E-state index contributed by atoms with van der Waals surface area (Å²) >= 11 is 0. The van der Waals surface area contributed by atoms with Gasteiger partial charge in [0.2, 0.25) is 0 Å². The minimum atomic E-state index is -0.331. The van der Waals surface area contributed by atoms with Gasteiger partial charge in [-0.15, -0.1) is 6.42 Å². The van der Waals surface area contributed by atoms with Gasteiger partial charge < -0.3 is 15.2 Å². The number of carbonyl (C=O) groups is 1. The Morgan fingerprint density at radius 2 is 2.05 bits per heavy atom. The molecule has 0 aliphatic heterocycles. The van der Waals surface area contributed by atoms with Gasteiger partial charge in [-0.05, 0) is 30.3 Å². The van der Waals surface area contributed by atoms with E-state index in [0.717, 1.165) is 0 Å². The van der Waals surface area contributed by atoms with Crippen LogP contribution in [0.2, 0.25) is 0 Å². The number of carbonyl (C=O) groups excluding carboxylic acids is 1. The molecule has 0 fully saturated rings. The van der Waals surface area contributed by atoms with Gasteiger partial charge in [-0.2, -0.15) is 0 Å². The molecule has 20 heavy (non-hydrogen) atoms. The number of ether oxygens (including phenoxy) is 1. The van der Waals surface area contributed by atoms with Gasteiger partial charge in [0, 0.05) is 11.3 Å². The molecule has 4 nitrogen and oxygen atoms in total. The maximum atomic E-state index is 11.7. The average Bonchev–Trinajstić information content (AvgIpc) is 2.46. The molecule has 0 saturated heterocycles. The number of rotatable bonds is 4. The Kier molecular flexibility index (Phi) is 4.25. The van der Waals surface area contributed by atoms with E-state index in [4.69, 9.17) is 11.2 Å². The molecule has 0 bridgehead atoms. The van der Waals surface area contributed by atoms with Crippen molar-refractivity contribution in [2.75, 3.05) is 11.9 Å². The highest BCUT2D eigenvalue weighted by Crippen LogP contribution is 2.24. The molecule has 0 unspecified atom stereocenters. The quantitative estimate of drug-likeness (QED) is 0.836. The number of phenols is 1. The molecule has 0 spiro atoms. The first-order valence-electron chi connectivity index (χ1n) is 5.96. The zero-order valence-corrected chi connectivity index (χ0v) is 10.7. The summed E-state index contributed by atoms with van der Waals surface area (Å²) in [6, 6.07) is 13.4. The highest BCUT2D eigenvalue weighted by atomic mass is 16.5. The fourth-order valence-corrected chi connectivity index (χ4v) is 1.61. The zero-order chi connectivity index (χ0) is 14.4. The lowest BCUT2D eigenvalue weighted by Gasteiger charge is -2.08. The summed E-state index contributed by atoms with van der Waals surface area (Å²) < 4.78 is 5.22. The maximum Gasteiger partial charge on any atom is 0.262 e. The van der Waals surface area contributed by atoms with Crippen molar-refractivity contribution in [3.05, 3.63) is 54.1 Å². The van der Waals surface area contributed by atoms with Crippen LogP contribution in [0.15, 0.2) is 48.5 Å². The van der Waals surface area contributed by atoms with Gasteiger partial charge in [0.05, 0.1) is 0 Å². The predicted octanol–water partition coefficient (Wildman–Crippen LogP) is 2.39. The van der Waals surface area contributed by atoms with Crippen LogP contribution >= 0.6 is 0 Å². The number of amides is 1. The topological polar surface area (TPSA) is 58.6 Å². The molecular formula is C16H13NO3. The minimum absolute atomic E-state index is 0.00497. The van der Waals surface area contributed by atoms with Crippen LogP contribution in [-0.2, 0) is 4.79 Å². The van der Waals surface area contributed by atoms with Gasteiger partial charge in [-0.25, -0.2) is 0 Å². The van der Waals surface area contributed by atoms with Crippen molar-refractivity contribution in [3.63, 3.8) is 0 Å². The van der Waals surface area contributed by atoms with E-state index in [2.05, 4.69) is 11.2 Å². The van der Waals surface area contributed by atoms with Gasteiger partial charge in [0.1, 0.15) is 0 Å². The van der Waals surface area contributed by atoms with E-state index >= 15 is 0 Å². The first-order chi connectivity index (χ1) is 9.69. The molecule has 2 aromatic carbocycles. The lowest BCUT2D eigenvalue weighted by molar-refractivity contribution is -0.118. The lowest BCUT2D eigenvalue weighted by Crippen LogP contribution is -2.20. The van der Waals surface area contributed by atoms with E-state index in [1.807, 2.05) is 0 Å². The first kappa shape index (κ1) is 13.5. The van der Waals surface area contributed by atoms with Gasteiger partial charge in [0.25, 0.3) is 5.91 Å². The molecule has 0 aliphatic carbocycles. The van der Waals surface area contributed by atoms with Crippen LogP contribution in [0.25, 0.3) is 0 Å². The van der Waals surface area contributed by atoms with Crippen molar-refractivity contribution in [3.8, 4) is 23.8 Å². The van der Waals surface area contributed by atoms with Crippen LogP contribution < -0.4 is 10.1 Å². The predicted molar refractivity (Wildman–Crippen MR) is 76.6 cm³/mol. The number of anilines is 1. The fourth-order valence-electron chi connectivity index (χ4n) is 1.61. The molecule has 0 atom stereocenters. The van der Waals surface area contributed by atoms with Gasteiger partial charge in [-0.1, -0.05) is 24.1 Å². The third-order valence-corrected chi connectivity index (χ3v) is 2.54. The summed E-state index contributed by atoms with van der Waals surface area (Å²) in [5, 5.41) is 12.2. The zero-order valence-electron chi connectivity index (χ0n) is 10.7. The van der Waals surface area contributed by atoms with Gasteiger partial charge in [-0.3, -0.25) is 4.79 Å². The highest BCUT2D eigenvalue weighted by molar-refractivity contribution is 5.92. The van der Waals surface area contributed by atoms with E-state index in [-0.39, 0.29) is 24.0 Å². The normalized spacial score (nSPS) is 9.55. The van der Waals surface area contributed by atoms with Crippen LogP contribution in [0.3, 0.4) is 0 Å². The monoisotopic (exact) mass is 267 g/mol. The largest absolute Gasteiger partial charge is 0.504 e. The van der Waals surface area contributed by atoms with Crippen LogP contribution in [-0.4, -0.2) is 17.6 Å². The molecule has 4 heteroatoms. The number of nitrogens with one attached hydrogen (secondary N) is 1. The van der Waals surface area contributed by atoms with E-state index < -0.39 is 0 Å². The molecule has 2 rings (SSSR count). The third kappa shape index (κ3) is 3.53. The molecule has 2 aromatic rings. The van der Waals surface area contributed by atoms with Crippen molar-refractivity contribution in [1.82, 2.24) is 0 Å². The highest BCUT2D eigenvalue weighted by Gasteiger charge is 2.06. The number of terminal acetylenes is 1. The summed E-state index contributed by atoms with van der Waals surface area (Å²) in [5.41, 5.74) is 1.29. The first-order valence-corrected chi connectivity index (χ1v) is 5.96.